The first-order chi connectivity index (χ1) is 7.15. The lowest BCUT2D eigenvalue weighted by Crippen LogP contribution is -2.14. The number of aliphatic hydroxyl groups is 1. The molecule has 0 bridgehead atoms. The fourth-order valence-corrected chi connectivity index (χ4v) is 2.52. The third-order valence-corrected chi connectivity index (χ3v) is 3.25. The molecule has 0 amide bonds. The molecule has 2 nitrogen and oxygen atoms in total. The van der Waals surface area contributed by atoms with Crippen molar-refractivity contribution in [2.45, 2.75) is 45.3 Å². The van der Waals surface area contributed by atoms with Crippen molar-refractivity contribution in [3.05, 3.63) is 23.0 Å². The Morgan fingerprint density at radius 1 is 1.67 bits per heavy atom. The number of nitrogens with zero attached hydrogens (tertiary/aromatic N) is 1. The van der Waals surface area contributed by atoms with Crippen LogP contribution < -0.4 is 0 Å². The van der Waals surface area contributed by atoms with E-state index >= 15 is 0 Å². The Bertz CT molecular complexity index is 411. The van der Waals surface area contributed by atoms with E-state index in [0.29, 0.717) is 0 Å². The van der Waals surface area contributed by atoms with E-state index in [1.807, 2.05) is 6.92 Å². The minimum atomic E-state index is -0.293. The highest BCUT2D eigenvalue weighted by Gasteiger charge is 2.24. The summed E-state index contributed by atoms with van der Waals surface area (Å²) in [5.41, 5.74) is 3.48. The number of aryl methyl sites for hydroxylation is 1. The van der Waals surface area contributed by atoms with Crippen molar-refractivity contribution in [1.82, 2.24) is 4.57 Å². The Morgan fingerprint density at radius 3 is 3.07 bits per heavy atom. The van der Waals surface area contributed by atoms with Crippen molar-refractivity contribution in [1.29, 1.82) is 0 Å². The van der Waals surface area contributed by atoms with Gasteiger partial charge in [-0.05, 0) is 39.2 Å². The average molecular weight is 203 g/mol. The summed E-state index contributed by atoms with van der Waals surface area (Å²) in [6, 6.07) is 2.16. The van der Waals surface area contributed by atoms with Gasteiger partial charge in [0, 0.05) is 17.0 Å². The molecule has 2 atom stereocenters. The number of fused-ring (bicyclic) bond motifs is 1. The molecule has 15 heavy (non-hydrogen) atoms. The zero-order chi connectivity index (χ0) is 11.0. The Hall–Kier alpha value is -1.20. The van der Waals surface area contributed by atoms with Crippen LogP contribution >= 0.6 is 0 Å². The van der Waals surface area contributed by atoms with Gasteiger partial charge in [-0.2, -0.15) is 0 Å². The summed E-state index contributed by atoms with van der Waals surface area (Å²) in [5.74, 6) is 2.75. The summed E-state index contributed by atoms with van der Waals surface area (Å²) in [4.78, 5) is 0. The van der Waals surface area contributed by atoms with Gasteiger partial charge in [0.2, 0.25) is 0 Å². The predicted octanol–water partition coefficient (Wildman–Crippen LogP) is 2.36. The predicted molar refractivity (Wildman–Crippen MR) is 60.6 cm³/mol. The Labute approximate surface area is 90.9 Å². The second-order valence-electron chi connectivity index (χ2n) is 4.31. The summed E-state index contributed by atoms with van der Waals surface area (Å²) in [5, 5.41) is 9.89. The van der Waals surface area contributed by atoms with Crippen molar-refractivity contribution in [3.63, 3.8) is 0 Å². The summed E-state index contributed by atoms with van der Waals surface area (Å²) >= 11 is 0. The molecule has 0 aromatic carbocycles. The number of aliphatic hydroxyl groups excluding tert-OH is 1. The molecule has 1 aromatic rings. The molecule has 2 rings (SSSR count). The molecule has 1 aliphatic carbocycles. The largest absolute Gasteiger partial charge is 0.388 e. The molecule has 1 aromatic heterocycles. The maximum atomic E-state index is 9.89. The summed E-state index contributed by atoms with van der Waals surface area (Å²) < 4.78 is 2.18. The molecular weight excluding hydrogens is 186 g/mol. The quantitative estimate of drug-likeness (QED) is 0.696. The van der Waals surface area contributed by atoms with Crippen LogP contribution in [0, 0.1) is 19.3 Å². The van der Waals surface area contributed by atoms with Gasteiger partial charge in [0.15, 0.2) is 0 Å². The standard InChI is InChI=1S/C13H17NO/c1-4-9(2)14-10(3)8-11-12(14)6-5-7-13(11)15/h1,8-9,13,15H,5-7H2,2-3H3. The molecular formula is C13H17NO. The van der Waals surface area contributed by atoms with Crippen LogP contribution in [0.15, 0.2) is 6.07 Å². The van der Waals surface area contributed by atoms with Gasteiger partial charge in [-0.1, -0.05) is 5.92 Å². The third kappa shape index (κ3) is 1.57. The van der Waals surface area contributed by atoms with Crippen LogP contribution in [0.2, 0.25) is 0 Å². The van der Waals surface area contributed by atoms with Crippen molar-refractivity contribution < 1.29 is 5.11 Å². The van der Waals surface area contributed by atoms with Crippen LogP contribution in [0.3, 0.4) is 0 Å². The van der Waals surface area contributed by atoms with Crippen LogP contribution in [0.1, 0.15) is 48.9 Å². The first-order valence-electron chi connectivity index (χ1n) is 5.50. The summed E-state index contributed by atoms with van der Waals surface area (Å²) in [6.07, 6.45) is 8.13. The van der Waals surface area contributed by atoms with Gasteiger partial charge in [0.25, 0.3) is 0 Å². The molecule has 80 valence electrons. The van der Waals surface area contributed by atoms with Crippen LogP contribution in [0.5, 0.6) is 0 Å². The molecule has 0 saturated heterocycles. The van der Waals surface area contributed by atoms with E-state index in [9.17, 15) is 5.11 Å². The summed E-state index contributed by atoms with van der Waals surface area (Å²) in [7, 11) is 0. The maximum Gasteiger partial charge on any atom is 0.0915 e. The van der Waals surface area contributed by atoms with E-state index in [1.165, 1.54) is 5.69 Å². The Balaban J connectivity index is 2.52. The second kappa shape index (κ2) is 3.75. The Morgan fingerprint density at radius 2 is 2.40 bits per heavy atom. The van der Waals surface area contributed by atoms with E-state index in [-0.39, 0.29) is 12.1 Å². The zero-order valence-corrected chi connectivity index (χ0v) is 9.33. The third-order valence-electron chi connectivity index (χ3n) is 3.25. The van der Waals surface area contributed by atoms with Crippen molar-refractivity contribution in [2.75, 3.05) is 0 Å². The maximum absolute atomic E-state index is 9.89. The number of hydrogen-bond acceptors (Lipinski definition) is 1. The van der Waals surface area contributed by atoms with Crippen LogP contribution in [-0.4, -0.2) is 9.67 Å². The smallest absolute Gasteiger partial charge is 0.0915 e. The first-order valence-corrected chi connectivity index (χ1v) is 5.50. The lowest BCUT2D eigenvalue weighted by atomic mass is 9.95. The van der Waals surface area contributed by atoms with E-state index in [2.05, 4.69) is 23.5 Å². The number of rotatable bonds is 1. The number of terminal acetylenes is 1. The minimum absolute atomic E-state index is 0.0825. The minimum Gasteiger partial charge on any atom is -0.388 e. The van der Waals surface area contributed by atoms with Gasteiger partial charge in [0.1, 0.15) is 0 Å². The highest BCUT2D eigenvalue weighted by Crippen LogP contribution is 2.33. The van der Waals surface area contributed by atoms with Gasteiger partial charge in [-0.25, -0.2) is 0 Å². The van der Waals surface area contributed by atoms with Gasteiger partial charge in [-0.3, -0.25) is 0 Å². The zero-order valence-electron chi connectivity index (χ0n) is 9.33. The van der Waals surface area contributed by atoms with Gasteiger partial charge in [-0.15, -0.1) is 6.42 Å². The van der Waals surface area contributed by atoms with Crippen molar-refractivity contribution in [3.8, 4) is 12.3 Å². The fraction of sp³-hybridized carbons (Fsp3) is 0.538. The lowest BCUT2D eigenvalue weighted by Gasteiger charge is -2.21. The van der Waals surface area contributed by atoms with E-state index < -0.39 is 0 Å². The molecule has 1 aliphatic rings. The van der Waals surface area contributed by atoms with Gasteiger partial charge >= 0.3 is 0 Å². The number of hydrogen-bond donors (Lipinski definition) is 1. The van der Waals surface area contributed by atoms with E-state index in [4.69, 9.17) is 6.42 Å². The molecule has 2 unspecified atom stereocenters. The highest BCUT2D eigenvalue weighted by atomic mass is 16.3. The summed E-state index contributed by atoms with van der Waals surface area (Å²) in [6.45, 7) is 4.08. The molecule has 0 spiro atoms. The van der Waals surface area contributed by atoms with Crippen molar-refractivity contribution in [2.24, 2.45) is 0 Å². The van der Waals surface area contributed by atoms with Gasteiger partial charge in [0.05, 0.1) is 12.1 Å². The van der Waals surface area contributed by atoms with Crippen molar-refractivity contribution >= 4 is 0 Å². The molecule has 0 saturated carbocycles. The topological polar surface area (TPSA) is 25.2 Å². The Kier molecular flexibility index (Phi) is 2.58. The lowest BCUT2D eigenvalue weighted by molar-refractivity contribution is 0.155. The highest BCUT2D eigenvalue weighted by molar-refractivity contribution is 5.33. The first kappa shape index (κ1) is 10.3. The molecule has 0 radical (unpaired) electrons. The molecule has 0 aliphatic heterocycles. The van der Waals surface area contributed by atoms with Gasteiger partial charge < -0.3 is 9.67 Å². The van der Waals surface area contributed by atoms with E-state index in [1.54, 1.807) is 0 Å². The molecule has 0 fully saturated rings. The number of aromatic nitrogens is 1. The van der Waals surface area contributed by atoms with Crippen LogP contribution in [0.25, 0.3) is 0 Å². The van der Waals surface area contributed by atoms with E-state index in [0.717, 1.165) is 30.5 Å². The fourth-order valence-electron chi connectivity index (χ4n) is 2.52. The molecule has 1 N–H and O–H groups in total. The average Bonchev–Trinajstić information content (AvgIpc) is 2.55. The normalized spacial score (nSPS) is 21.9. The molecule has 2 heteroatoms. The van der Waals surface area contributed by atoms with Crippen LogP contribution in [0.4, 0.5) is 0 Å². The monoisotopic (exact) mass is 203 g/mol. The SMILES string of the molecule is C#CC(C)n1c(C)cc2c1CCCC2O. The van der Waals surface area contributed by atoms with Crippen LogP contribution in [-0.2, 0) is 6.42 Å². The second-order valence-corrected chi connectivity index (χ2v) is 4.31. The molecule has 1 heterocycles.